The number of carbonyl (C=O) groups is 1. The van der Waals surface area contributed by atoms with Crippen LogP contribution in [0.15, 0.2) is 54.9 Å². The van der Waals surface area contributed by atoms with Gasteiger partial charge < -0.3 is 10.00 Å². The highest BCUT2D eigenvalue weighted by atomic mass is 31.2. The number of benzene rings is 1. The third kappa shape index (κ3) is 4.68. The third-order valence-corrected chi connectivity index (χ3v) is 9.39. The fraction of sp³-hybridized carbons (Fsp3) is 0.500. The number of rotatable bonds is 12. The molecule has 2 rings (SSSR count). The van der Waals surface area contributed by atoms with Gasteiger partial charge in [-0.05, 0) is 37.0 Å². The van der Waals surface area contributed by atoms with Gasteiger partial charge in [0.05, 0.1) is 11.3 Å². The molecule has 30 heavy (non-hydrogen) atoms. The maximum absolute atomic E-state index is 14.2. The lowest BCUT2D eigenvalue weighted by Gasteiger charge is -2.49. The smallest absolute Gasteiger partial charge is 0.315 e. The molecule has 1 heterocycles. The van der Waals surface area contributed by atoms with Gasteiger partial charge in [0.15, 0.2) is 0 Å². The van der Waals surface area contributed by atoms with Gasteiger partial charge >= 0.3 is 5.97 Å². The first-order valence-corrected chi connectivity index (χ1v) is 12.6. The fourth-order valence-electron chi connectivity index (χ4n) is 4.64. The van der Waals surface area contributed by atoms with Gasteiger partial charge in [-0.3, -0.25) is 14.3 Å². The van der Waals surface area contributed by atoms with Gasteiger partial charge in [-0.15, -0.1) is 0 Å². The Hall–Kier alpha value is -1.97. The molecule has 0 fully saturated rings. The van der Waals surface area contributed by atoms with Crippen LogP contribution in [0.5, 0.6) is 0 Å². The van der Waals surface area contributed by atoms with Crippen LogP contribution in [0.25, 0.3) is 0 Å². The van der Waals surface area contributed by atoms with Crippen LogP contribution >= 0.6 is 7.37 Å². The molecule has 0 radical (unpaired) electrons. The first kappa shape index (κ1) is 24.3. The predicted molar refractivity (Wildman–Crippen MR) is 121 cm³/mol. The molecule has 1 aromatic heterocycles. The SMILES string of the molecule is CCCCCC(CCC)(C(C)(C(=O)O)c1cccnc1)P(=O)(O)Cc1ccccc1. The lowest BCUT2D eigenvalue weighted by molar-refractivity contribution is -0.145. The van der Waals surface area contributed by atoms with Crippen LogP contribution < -0.4 is 0 Å². The minimum absolute atomic E-state index is 0.0386. The summed E-state index contributed by atoms with van der Waals surface area (Å²) in [6, 6.07) is 12.6. The number of hydrogen-bond acceptors (Lipinski definition) is 3. The Kier molecular flexibility index (Phi) is 8.40. The first-order valence-electron chi connectivity index (χ1n) is 10.7. The van der Waals surface area contributed by atoms with Crippen molar-refractivity contribution < 1.29 is 19.4 Å². The summed E-state index contributed by atoms with van der Waals surface area (Å²) in [6.45, 7) is 5.63. The largest absolute Gasteiger partial charge is 0.481 e. The molecule has 0 bridgehead atoms. The van der Waals surface area contributed by atoms with E-state index in [4.69, 9.17) is 0 Å². The van der Waals surface area contributed by atoms with Gasteiger partial charge in [-0.1, -0.05) is 75.9 Å². The lowest BCUT2D eigenvalue weighted by Crippen LogP contribution is -2.55. The van der Waals surface area contributed by atoms with Gasteiger partial charge in [-0.25, -0.2) is 0 Å². The van der Waals surface area contributed by atoms with Crippen LogP contribution in [-0.4, -0.2) is 26.1 Å². The van der Waals surface area contributed by atoms with Crippen LogP contribution in [-0.2, 0) is 20.9 Å². The number of aromatic nitrogens is 1. The van der Waals surface area contributed by atoms with Crippen LogP contribution in [0.3, 0.4) is 0 Å². The highest BCUT2D eigenvalue weighted by Gasteiger charge is 2.62. The van der Waals surface area contributed by atoms with E-state index in [0.29, 0.717) is 31.2 Å². The number of pyridine rings is 1. The van der Waals surface area contributed by atoms with Gasteiger partial charge in [-0.2, -0.15) is 0 Å². The van der Waals surface area contributed by atoms with E-state index in [0.717, 1.165) is 18.4 Å². The number of hydrogen-bond donors (Lipinski definition) is 2. The quantitative estimate of drug-likeness (QED) is 0.317. The minimum atomic E-state index is -3.96. The van der Waals surface area contributed by atoms with E-state index in [-0.39, 0.29) is 6.16 Å². The average molecular weight is 432 g/mol. The second-order valence-corrected chi connectivity index (χ2v) is 10.8. The van der Waals surface area contributed by atoms with E-state index in [2.05, 4.69) is 11.9 Å². The summed E-state index contributed by atoms with van der Waals surface area (Å²) in [5, 5.41) is 9.18. The molecule has 0 saturated heterocycles. The Bertz CT molecular complexity index is 858. The van der Waals surface area contributed by atoms with Crippen molar-refractivity contribution in [2.24, 2.45) is 0 Å². The molecule has 3 atom stereocenters. The maximum atomic E-state index is 14.2. The molecule has 0 aliphatic heterocycles. The molecule has 1 aromatic carbocycles. The normalized spacial score (nSPS) is 17.5. The Balaban J connectivity index is 2.72. The number of aliphatic carboxylic acids is 1. The van der Waals surface area contributed by atoms with Crippen LogP contribution in [0.2, 0.25) is 0 Å². The summed E-state index contributed by atoms with van der Waals surface area (Å²) in [6.07, 6.45) is 6.99. The van der Waals surface area contributed by atoms with Gasteiger partial charge in [0.25, 0.3) is 0 Å². The Labute approximate surface area is 180 Å². The van der Waals surface area contributed by atoms with Crippen molar-refractivity contribution in [1.29, 1.82) is 0 Å². The van der Waals surface area contributed by atoms with E-state index in [1.165, 1.54) is 6.20 Å². The molecule has 0 amide bonds. The zero-order chi connectivity index (χ0) is 22.3. The highest BCUT2D eigenvalue weighted by molar-refractivity contribution is 7.59. The standard InChI is InChI=1S/C24H34NO4P/c1-4-6-10-16-24(15-5-2,30(28,29)19-20-12-8-7-9-13-20)23(3,22(26)27)21-14-11-17-25-18-21/h7-9,11-14,17-18H,4-6,10,15-16,19H2,1-3H3,(H,26,27)(H,28,29). The topological polar surface area (TPSA) is 87.5 Å². The zero-order valence-corrected chi connectivity index (χ0v) is 19.1. The molecule has 5 nitrogen and oxygen atoms in total. The minimum Gasteiger partial charge on any atom is -0.481 e. The van der Waals surface area contributed by atoms with E-state index >= 15 is 0 Å². The van der Waals surface area contributed by atoms with Crippen molar-refractivity contribution in [2.75, 3.05) is 0 Å². The monoisotopic (exact) mass is 431 g/mol. The summed E-state index contributed by atoms with van der Waals surface area (Å²) in [4.78, 5) is 28.6. The molecular weight excluding hydrogens is 397 g/mol. The molecule has 0 saturated carbocycles. The molecule has 2 aromatic rings. The summed E-state index contributed by atoms with van der Waals surface area (Å²) < 4.78 is 14.2. The number of carboxylic acids is 1. The Morgan fingerprint density at radius 2 is 1.73 bits per heavy atom. The van der Waals surface area contributed by atoms with Gasteiger partial charge in [0.1, 0.15) is 5.41 Å². The number of carboxylic acid groups (broad SMARTS) is 1. The molecule has 164 valence electrons. The zero-order valence-electron chi connectivity index (χ0n) is 18.3. The number of nitrogens with zero attached hydrogens (tertiary/aromatic N) is 1. The van der Waals surface area contributed by atoms with Gasteiger partial charge in [0.2, 0.25) is 7.37 Å². The molecule has 0 spiro atoms. The highest BCUT2D eigenvalue weighted by Crippen LogP contribution is 2.68. The molecular formula is C24H34NO4P. The summed E-state index contributed by atoms with van der Waals surface area (Å²) in [5.41, 5.74) is -0.313. The molecule has 0 aliphatic rings. The average Bonchev–Trinajstić information content (AvgIpc) is 2.73. The summed E-state index contributed by atoms with van der Waals surface area (Å²) in [5.74, 6) is -1.08. The van der Waals surface area contributed by atoms with E-state index in [9.17, 15) is 19.4 Å². The van der Waals surface area contributed by atoms with Crippen molar-refractivity contribution in [1.82, 2.24) is 4.98 Å². The second-order valence-electron chi connectivity index (χ2n) is 8.26. The van der Waals surface area contributed by atoms with E-state index in [1.807, 2.05) is 37.3 Å². The molecule has 0 aliphatic carbocycles. The van der Waals surface area contributed by atoms with E-state index < -0.39 is 23.9 Å². The lowest BCUT2D eigenvalue weighted by atomic mass is 9.67. The van der Waals surface area contributed by atoms with Crippen LogP contribution in [0, 0.1) is 0 Å². The van der Waals surface area contributed by atoms with Crippen molar-refractivity contribution in [3.63, 3.8) is 0 Å². The Morgan fingerprint density at radius 1 is 1.03 bits per heavy atom. The summed E-state index contributed by atoms with van der Waals surface area (Å²) in [7, 11) is -3.96. The van der Waals surface area contributed by atoms with Crippen molar-refractivity contribution in [3.05, 3.63) is 66.0 Å². The van der Waals surface area contributed by atoms with Crippen molar-refractivity contribution in [3.8, 4) is 0 Å². The molecule has 2 N–H and O–H groups in total. The first-order chi connectivity index (χ1) is 14.2. The Morgan fingerprint density at radius 3 is 2.27 bits per heavy atom. The van der Waals surface area contributed by atoms with Crippen molar-refractivity contribution >= 4 is 13.3 Å². The maximum Gasteiger partial charge on any atom is 0.315 e. The molecule has 6 heteroatoms. The second kappa shape index (κ2) is 10.4. The fourth-order valence-corrected chi connectivity index (χ4v) is 7.65. The van der Waals surface area contributed by atoms with Crippen LogP contribution in [0.1, 0.15) is 70.4 Å². The third-order valence-electron chi connectivity index (χ3n) is 6.36. The molecule has 3 unspecified atom stereocenters. The van der Waals surface area contributed by atoms with Crippen LogP contribution in [0.4, 0.5) is 0 Å². The summed E-state index contributed by atoms with van der Waals surface area (Å²) >= 11 is 0. The van der Waals surface area contributed by atoms with Gasteiger partial charge in [0, 0.05) is 12.4 Å². The van der Waals surface area contributed by atoms with Crippen molar-refractivity contribution in [2.45, 2.75) is 76.0 Å². The van der Waals surface area contributed by atoms with E-state index in [1.54, 1.807) is 25.3 Å². The number of unbranched alkanes of at least 4 members (excludes halogenated alkanes) is 2. The predicted octanol–water partition coefficient (Wildman–Crippen LogP) is 6.01.